The number of aromatic nitrogens is 2. The maximum atomic E-state index is 12.9. The van der Waals surface area contributed by atoms with Crippen molar-refractivity contribution >= 4 is 45.5 Å². The highest BCUT2D eigenvalue weighted by atomic mass is 32.2. The highest BCUT2D eigenvalue weighted by Gasteiger charge is 2.28. The summed E-state index contributed by atoms with van der Waals surface area (Å²) in [4.78, 5) is 14.8. The number of amides is 1. The summed E-state index contributed by atoms with van der Waals surface area (Å²) in [7, 11) is 1.64. The Kier molecular flexibility index (Phi) is 5.50. The lowest BCUT2D eigenvalue weighted by Crippen LogP contribution is -2.35. The summed E-state index contributed by atoms with van der Waals surface area (Å²) < 4.78 is 5.93. The van der Waals surface area contributed by atoms with E-state index in [1.807, 2.05) is 54.3 Å². The molecule has 2 aromatic carbocycles. The number of rotatable bonds is 6. The van der Waals surface area contributed by atoms with Crippen LogP contribution in [0.1, 0.15) is 12.5 Å². The lowest BCUT2D eigenvalue weighted by molar-refractivity contribution is -0.117. The number of para-hydroxylation sites is 1. The lowest BCUT2D eigenvalue weighted by Gasteiger charge is -2.20. The molecule has 0 aliphatic carbocycles. The third kappa shape index (κ3) is 3.98. The van der Waals surface area contributed by atoms with E-state index in [1.165, 1.54) is 28.7 Å². The number of nitrogens with one attached hydrogen (secondary N) is 1. The first-order valence-corrected chi connectivity index (χ1v) is 10.6. The average molecular weight is 413 g/mol. The van der Waals surface area contributed by atoms with Crippen LogP contribution in [0.3, 0.4) is 0 Å². The first-order chi connectivity index (χ1) is 13.6. The molecule has 1 aliphatic rings. The van der Waals surface area contributed by atoms with Crippen LogP contribution in [-0.2, 0) is 11.2 Å². The van der Waals surface area contributed by atoms with Gasteiger partial charge in [0, 0.05) is 17.9 Å². The van der Waals surface area contributed by atoms with E-state index in [0.717, 1.165) is 34.4 Å². The fourth-order valence-electron chi connectivity index (χ4n) is 3.09. The number of nitrogens with zero attached hydrogens (tertiary/aromatic N) is 3. The Morgan fingerprint density at radius 1 is 1.21 bits per heavy atom. The number of carbonyl (C=O) groups is 1. The van der Waals surface area contributed by atoms with Gasteiger partial charge in [0.1, 0.15) is 5.75 Å². The third-order valence-electron chi connectivity index (χ3n) is 4.53. The molecule has 6 nitrogen and oxygen atoms in total. The van der Waals surface area contributed by atoms with Gasteiger partial charge in [-0.05, 0) is 49.2 Å². The van der Waals surface area contributed by atoms with Crippen LogP contribution in [0.4, 0.5) is 16.5 Å². The van der Waals surface area contributed by atoms with Gasteiger partial charge >= 0.3 is 0 Å². The van der Waals surface area contributed by atoms with Gasteiger partial charge in [-0.3, -0.25) is 4.79 Å². The molecule has 0 bridgehead atoms. The Balaban J connectivity index is 1.38. The summed E-state index contributed by atoms with van der Waals surface area (Å²) in [5, 5.41) is 12.1. The second-order valence-corrected chi connectivity index (χ2v) is 8.92. The van der Waals surface area contributed by atoms with E-state index in [2.05, 4.69) is 21.6 Å². The van der Waals surface area contributed by atoms with Gasteiger partial charge < -0.3 is 15.0 Å². The molecule has 0 unspecified atom stereocenters. The molecule has 1 N–H and O–H groups in total. The summed E-state index contributed by atoms with van der Waals surface area (Å²) in [6.45, 7) is 2.66. The summed E-state index contributed by atoms with van der Waals surface area (Å²) in [6.07, 6.45) is 0.911. The fraction of sp³-hybridized carbons (Fsp3) is 0.250. The number of hydrogen-bond donors (Lipinski definition) is 1. The molecule has 0 saturated carbocycles. The van der Waals surface area contributed by atoms with Crippen molar-refractivity contribution < 1.29 is 9.53 Å². The van der Waals surface area contributed by atoms with Gasteiger partial charge in [0.15, 0.2) is 4.34 Å². The van der Waals surface area contributed by atoms with Crippen molar-refractivity contribution in [2.45, 2.75) is 22.9 Å². The highest BCUT2D eigenvalue weighted by Crippen LogP contribution is 2.34. The topological polar surface area (TPSA) is 67.3 Å². The molecule has 1 atom stereocenters. The van der Waals surface area contributed by atoms with E-state index in [0.29, 0.717) is 5.13 Å². The standard InChI is InChI=1S/C20H20N4O2S2/c1-13(18(25)24-12-11-14-5-3-4-6-17(14)24)27-20-23-22-19(28-20)21-15-7-9-16(26-2)10-8-15/h3-10,13H,11-12H2,1-2H3,(H,21,22)/t13-/m1/s1. The van der Waals surface area contributed by atoms with E-state index < -0.39 is 0 Å². The highest BCUT2D eigenvalue weighted by molar-refractivity contribution is 8.02. The zero-order chi connectivity index (χ0) is 19.5. The van der Waals surface area contributed by atoms with Crippen LogP contribution < -0.4 is 15.0 Å². The van der Waals surface area contributed by atoms with Crippen molar-refractivity contribution in [2.75, 3.05) is 23.9 Å². The molecule has 0 spiro atoms. The Morgan fingerprint density at radius 2 is 2.00 bits per heavy atom. The first kappa shape index (κ1) is 18.8. The minimum atomic E-state index is -0.229. The minimum absolute atomic E-state index is 0.106. The second-order valence-electron chi connectivity index (χ2n) is 6.36. The number of carbonyl (C=O) groups excluding carboxylic acids is 1. The van der Waals surface area contributed by atoms with Crippen molar-refractivity contribution in [3.05, 3.63) is 54.1 Å². The SMILES string of the molecule is COc1ccc(Nc2nnc(S[C@H](C)C(=O)N3CCc4ccccc43)s2)cc1. The average Bonchev–Trinajstić information content (AvgIpc) is 3.35. The van der Waals surface area contributed by atoms with E-state index in [4.69, 9.17) is 4.74 Å². The number of anilines is 3. The van der Waals surface area contributed by atoms with Crippen molar-refractivity contribution in [1.29, 1.82) is 0 Å². The second kappa shape index (κ2) is 8.20. The molecule has 144 valence electrons. The van der Waals surface area contributed by atoms with Gasteiger partial charge in [-0.1, -0.05) is 41.3 Å². The van der Waals surface area contributed by atoms with E-state index in [-0.39, 0.29) is 11.2 Å². The van der Waals surface area contributed by atoms with Crippen LogP contribution in [-0.4, -0.2) is 35.0 Å². The molecule has 0 saturated heterocycles. The Bertz CT molecular complexity index is 974. The molecule has 0 radical (unpaired) electrons. The molecule has 1 aliphatic heterocycles. The van der Waals surface area contributed by atoms with Crippen LogP contribution in [0.2, 0.25) is 0 Å². The monoisotopic (exact) mass is 412 g/mol. The van der Waals surface area contributed by atoms with Gasteiger partial charge in [-0.15, -0.1) is 10.2 Å². The molecular weight excluding hydrogens is 392 g/mol. The maximum Gasteiger partial charge on any atom is 0.240 e. The molecule has 0 fully saturated rings. The number of ether oxygens (including phenoxy) is 1. The van der Waals surface area contributed by atoms with Gasteiger partial charge in [0.25, 0.3) is 0 Å². The molecular formula is C20H20N4O2S2. The molecule has 1 aromatic heterocycles. The number of hydrogen-bond acceptors (Lipinski definition) is 7. The summed E-state index contributed by atoms with van der Waals surface area (Å²) in [5.74, 6) is 0.907. The van der Waals surface area contributed by atoms with Crippen LogP contribution >= 0.6 is 23.1 Å². The van der Waals surface area contributed by atoms with Gasteiger partial charge in [-0.2, -0.15) is 0 Å². The summed E-state index contributed by atoms with van der Waals surface area (Å²) in [6, 6.07) is 15.7. The van der Waals surface area contributed by atoms with Gasteiger partial charge in [0.05, 0.1) is 12.4 Å². The largest absolute Gasteiger partial charge is 0.497 e. The smallest absolute Gasteiger partial charge is 0.240 e. The number of fused-ring (bicyclic) bond motifs is 1. The van der Waals surface area contributed by atoms with Crippen molar-refractivity contribution in [3.63, 3.8) is 0 Å². The van der Waals surface area contributed by atoms with Crippen LogP contribution in [0.5, 0.6) is 5.75 Å². The molecule has 4 rings (SSSR count). The first-order valence-electron chi connectivity index (χ1n) is 8.94. The van der Waals surface area contributed by atoms with Crippen LogP contribution in [0.15, 0.2) is 52.9 Å². The predicted molar refractivity (Wildman–Crippen MR) is 114 cm³/mol. The number of thioether (sulfide) groups is 1. The zero-order valence-corrected chi connectivity index (χ0v) is 17.2. The van der Waals surface area contributed by atoms with E-state index in [9.17, 15) is 4.79 Å². The number of methoxy groups -OCH3 is 1. The lowest BCUT2D eigenvalue weighted by atomic mass is 10.2. The van der Waals surface area contributed by atoms with Crippen molar-refractivity contribution in [2.24, 2.45) is 0 Å². The third-order valence-corrected chi connectivity index (χ3v) is 6.54. The van der Waals surface area contributed by atoms with Gasteiger partial charge in [0.2, 0.25) is 11.0 Å². The van der Waals surface area contributed by atoms with E-state index in [1.54, 1.807) is 7.11 Å². The van der Waals surface area contributed by atoms with Crippen molar-refractivity contribution in [1.82, 2.24) is 10.2 Å². The Labute approximate surface area is 171 Å². The Hall–Kier alpha value is -2.58. The maximum absolute atomic E-state index is 12.9. The van der Waals surface area contributed by atoms with Crippen LogP contribution in [0, 0.1) is 0 Å². The van der Waals surface area contributed by atoms with Crippen molar-refractivity contribution in [3.8, 4) is 5.75 Å². The van der Waals surface area contributed by atoms with Gasteiger partial charge in [-0.25, -0.2) is 0 Å². The number of benzene rings is 2. The summed E-state index contributed by atoms with van der Waals surface area (Å²) in [5.41, 5.74) is 3.17. The predicted octanol–water partition coefficient (Wildman–Crippen LogP) is 4.36. The quantitative estimate of drug-likeness (QED) is 0.607. The molecule has 2 heterocycles. The molecule has 28 heavy (non-hydrogen) atoms. The van der Waals surface area contributed by atoms with Crippen LogP contribution in [0.25, 0.3) is 0 Å². The Morgan fingerprint density at radius 3 is 2.79 bits per heavy atom. The molecule has 8 heteroatoms. The molecule has 1 amide bonds. The molecule has 3 aromatic rings. The minimum Gasteiger partial charge on any atom is -0.497 e. The normalized spacial score (nSPS) is 13.9. The van der Waals surface area contributed by atoms with E-state index >= 15 is 0 Å². The fourth-order valence-corrected chi connectivity index (χ4v) is 5.07. The zero-order valence-electron chi connectivity index (χ0n) is 15.6. The summed E-state index contributed by atoms with van der Waals surface area (Å²) >= 11 is 2.88.